The molecule has 2 aliphatic rings. The van der Waals surface area contributed by atoms with Crippen LogP contribution in [0.4, 0.5) is 0 Å². The zero-order valence-electron chi connectivity index (χ0n) is 24.0. The van der Waals surface area contributed by atoms with Gasteiger partial charge in [0.05, 0.1) is 64.1 Å². The Labute approximate surface area is 250 Å². The van der Waals surface area contributed by atoms with Crippen molar-refractivity contribution >= 4 is 11.9 Å². The highest BCUT2D eigenvalue weighted by Gasteiger charge is 2.23. The van der Waals surface area contributed by atoms with E-state index in [1.807, 2.05) is 42.5 Å². The molecular weight excluding hydrogens is 556 g/mol. The fourth-order valence-electron chi connectivity index (χ4n) is 4.31. The number of carbonyl (C=O) groups is 1. The molecule has 228 valence electrons. The number of ether oxygens (including phenoxy) is 8. The van der Waals surface area contributed by atoms with Crippen LogP contribution in [0.25, 0.3) is 0 Å². The SMILES string of the molecule is O=C(OCc1cccc(C2=N[C@H](c3ccccc3)CO2)n1)c1ccc2c(c1)OCCOCCOCCOCCOCCO2. The molecule has 3 aromatic rings. The molecule has 0 aliphatic carbocycles. The Morgan fingerprint density at radius 3 is 2.05 bits per heavy atom. The third kappa shape index (κ3) is 9.48. The van der Waals surface area contributed by atoms with Gasteiger partial charge in [-0.1, -0.05) is 36.4 Å². The fraction of sp³-hybridized carbons (Fsp3) is 0.406. The van der Waals surface area contributed by atoms with Gasteiger partial charge in [-0.05, 0) is 35.9 Å². The number of hydrogen-bond donors (Lipinski definition) is 0. The maximum absolute atomic E-state index is 13.0. The number of aromatic nitrogens is 1. The molecule has 0 saturated heterocycles. The third-order valence-electron chi connectivity index (χ3n) is 6.48. The van der Waals surface area contributed by atoms with Crippen LogP contribution in [0.2, 0.25) is 0 Å². The largest absolute Gasteiger partial charge is 0.487 e. The first-order valence-corrected chi connectivity index (χ1v) is 14.4. The van der Waals surface area contributed by atoms with Gasteiger partial charge in [-0.15, -0.1) is 0 Å². The van der Waals surface area contributed by atoms with E-state index >= 15 is 0 Å². The molecule has 2 aromatic carbocycles. The highest BCUT2D eigenvalue weighted by atomic mass is 16.6. The van der Waals surface area contributed by atoms with Crippen molar-refractivity contribution in [1.82, 2.24) is 4.98 Å². The van der Waals surface area contributed by atoms with E-state index < -0.39 is 5.97 Å². The standard InChI is InChI=1S/C32H36N2O9/c35-32(43-22-26-7-4-8-27(33-26)31-34-28(23-42-31)24-5-2-1-3-6-24)25-9-10-29-30(21-25)41-20-18-39-16-14-37-12-11-36-13-15-38-17-19-40-29/h1-10,21,28H,11-20,22-23H2/t28-/m0/s1. The van der Waals surface area contributed by atoms with E-state index in [1.54, 1.807) is 24.3 Å². The van der Waals surface area contributed by atoms with Gasteiger partial charge in [-0.25, -0.2) is 14.8 Å². The third-order valence-corrected chi connectivity index (χ3v) is 6.48. The second-order valence-corrected chi connectivity index (χ2v) is 9.57. The molecule has 0 amide bonds. The highest BCUT2D eigenvalue weighted by molar-refractivity contribution is 5.93. The highest BCUT2D eigenvalue weighted by Crippen LogP contribution is 2.29. The Morgan fingerprint density at radius 2 is 1.35 bits per heavy atom. The Balaban J connectivity index is 1.18. The van der Waals surface area contributed by atoms with Gasteiger partial charge in [0.15, 0.2) is 11.5 Å². The predicted octanol–water partition coefficient (Wildman–Crippen LogP) is 3.79. The Hall–Kier alpha value is -4.03. The average molecular weight is 593 g/mol. The zero-order valence-corrected chi connectivity index (χ0v) is 24.0. The van der Waals surface area contributed by atoms with Gasteiger partial charge in [0.1, 0.15) is 38.2 Å². The molecule has 5 rings (SSSR count). The molecule has 0 N–H and O–H groups in total. The van der Waals surface area contributed by atoms with Crippen molar-refractivity contribution in [2.75, 3.05) is 72.7 Å². The van der Waals surface area contributed by atoms with Crippen molar-refractivity contribution in [3.05, 3.63) is 89.2 Å². The zero-order chi connectivity index (χ0) is 29.5. The number of nitrogens with zero attached hydrogens (tertiary/aromatic N) is 2. The van der Waals surface area contributed by atoms with Crippen molar-refractivity contribution in [2.45, 2.75) is 12.6 Å². The number of hydrogen-bond acceptors (Lipinski definition) is 11. The number of esters is 1. The van der Waals surface area contributed by atoms with Crippen molar-refractivity contribution in [2.24, 2.45) is 4.99 Å². The van der Waals surface area contributed by atoms with Crippen LogP contribution in [0.5, 0.6) is 11.5 Å². The van der Waals surface area contributed by atoms with Gasteiger partial charge >= 0.3 is 5.97 Å². The van der Waals surface area contributed by atoms with Crippen LogP contribution in [-0.2, 0) is 35.0 Å². The molecule has 0 saturated carbocycles. The molecule has 2 aliphatic heterocycles. The second-order valence-electron chi connectivity index (χ2n) is 9.57. The van der Waals surface area contributed by atoms with E-state index in [0.717, 1.165) is 5.56 Å². The quantitative estimate of drug-likeness (QED) is 0.405. The number of rotatable bonds is 5. The lowest BCUT2D eigenvalue weighted by molar-refractivity contribution is -0.00842. The lowest BCUT2D eigenvalue weighted by atomic mass is 10.1. The molecule has 11 nitrogen and oxygen atoms in total. The van der Waals surface area contributed by atoms with Crippen LogP contribution in [0.1, 0.15) is 33.4 Å². The summed E-state index contributed by atoms with van der Waals surface area (Å²) in [5.41, 5.74) is 2.56. The average Bonchev–Trinajstić information content (AvgIpc) is 3.55. The molecule has 0 fully saturated rings. The van der Waals surface area contributed by atoms with Crippen molar-refractivity contribution in [1.29, 1.82) is 0 Å². The van der Waals surface area contributed by atoms with Gasteiger partial charge < -0.3 is 37.9 Å². The van der Waals surface area contributed by atoms with E-state index in [4.69, 9.17) is 37.9 Å². The lowest BCUT2D eigenvalue weighted by Gasteiger charge is -2.15. The minimum Gasteiger partial charge on any atom is -0.487 e. The van der Waals surface area contributed by atoms with Crippen LogP contribution in [-0.4, -0.2) is 89.5 Å². The molecule has 43 heavy (non-hydrogen) atoms. The van der Waals surface area contributed by atoms with Crippen LogP contribution in [0.15, 0.2) is 71.7 Å². The summed E-state index contributed by atoms with van der Waals surface area (Å²) in [6.45, 7) is 4.55. The first-order chi connectivity index (χ1) is 21.3. The molecule has 0 spiro atoms. The first-order valence-electron chi connectivity index (χ1n) is 14.4. The fourth-order valence-corrected chi connectivity index (χ4v) is 4.31. The van der Waals surface area contributed by atoms with Gasteiger partial charge in [-0.2, -0.15) is 0 Å². The minimum absolute atomic E-state index is 0.0204. The minimum atomic E-state index is -0.520. The second kappa shape index (κ2) is 16.6. The summed E-state index contributed by atoms with van der Waals surface area (Å²) in [7, 11) is 0. The van der Waals surface area contributed by atoms with Crippen LogP contribution < -0.4 is 9.47 Å². The van der Waals surface area contributed by atoms with E-state index in [1.165, 1.54) is 0 Å². The van der Waals surface area contributed by atoms with Gasteiger partial charge in [0.2, 0.25) is 5.90 Å². The van der Waals surface area contributed by atoms with E-state index in [-0.39, 0.29) is 19.3 Å². The summed E-state index contributed by atoms with van der Waals surface area (Å²) < 4.78 is 45.2. The number of aliphatic imine (C=N–C) groups is 1. The van der Waals surface area contributed by atoms with E-state index in [0.29, 0.717) is 100 Å². The molecule has 0 radical (unpaired) electrons. The normalized spacial score (nSPS) is 18.9. The molecule has 0 bridgehead atoms. The van der Waals surface area contributed by atoms with Crippen molar-refractivity contribution < 1.29 is 42.7 Å². The molecule has 1 aromatic heterocycles. The molecule has 0 unspecified atom stereocenters. The maximum Gasteiger partial charge on any atom is 0.338 e. The van der Waals surface area contributed by atoms with Crippen LogP contribution in [0, 0.1) is 0 Å². The lowest BCUT2D eigenvalue weighted by Crippen LogP contribution is -2.16. The van der Waals surface area contributed by atoms with Crippen molar-refractivity contribution in [3.63, 3.8) is 0 Å². The first kappa shape index (κ1) is 30.4. The number of fused-ring (bicyclic) bond motifs is 1. The van der Waals surface area contributed by atoms with Crippen LogP contribution >= 0.6 is 0 Å². The number of carbonyl (C=O) groups excluding carboxylic acids is 1. The molecule has 3 heterocycles. The molecular formula is C32H36N2O9. The van der Waals surface area contributed by atoms with Crippen molar-refractivity contribution in [3.8, 4) is 11.5 Å². The number of benzene rings is 2. The maximum atomic E-state index is 13.0. The Morgan fingerprint density at radius 1 is 0.698 bits per heavy atom. The summed E-state index contributed by atoms with van der Waals surface area (Å²) in [6.07, 6.45) is 0. The van der Waals surface area contributed by atoms with E-state index in [2.05, 4.69) is 9.98 Å². The van der Waals surface area contributed by atoms with Gasteiger partial charge in [-0.3, -0.25) is 0 Å². The van der Waals surface area contributed by atoms with Gasteiger partial charge in [0, 0.05) is 0 Å². The predicted molar refractivity (Wildman–Crippen MR) is 156 cm³/mol. The smallest absolute Gasteiger partial charge is 0.338 e. The Kier molecular flexibility index (Phi) is 11.7. The topological polar surface area (TPSA) is 116 Å². The Bertz CT molecular complexity index is 1340. The van der Waals surface area contributed by atoms with Crippen LogP contribution in [0.3, 0.4) is 0 Å². The summed E-state index contributed by atoms with van der Waals surface area (Å²) in [4.78, 5) is 22.3. The summed E-state index contributed by atoms with van der Waals surface area (Å²) >= 11 is 0. The summed E-state index contributed by atoms with van der Waals surface area (Å²) in [5.74, 6) is 0.843. The van der Waals surface area contributed by atoms with Gasteiger partial charge in [0.25, 0.3) is 0 Å². The molecule has 1 atom stereocenters. The summed E-state index contributed by atoms with van der Waals surface area (Å²) in [5, 5.41) is 0. The van der Waals surface area contributed by atoms with E-state index in [9.17, 15) is 4.79 Å². The summed E-state index contributed by atoms with van der Waals surface area (Å²) in [6, 6.07) is 20.3. The molecule has 11 heteroatoms. The monoisotopic (exact) mass is 592 g/mol. The number of pyridine rings is 1.